The molecule has 2 aromatic carbocycles. The van der Waals surface area contributed by atoms with Gasteiger partial charge in [0.25, 0.3) is 5.91 Å². The maximum atomic E-state index is 12.7. The number of para-hydroxylation sites is 1. The summed E-state index contributed by atoms with van der Waals surface area (Å²) in [7, 11) is 0. The zero-order chi connectivity index (χ0) is 21.6. The molecule has 6 nitrogen and oxygen atoms in total. The van der Waals surface area contributed by atoms with Crippen molar-refractivity contribution in [2.45, 2.75) is 26.3 Å². The van der Waals surface area contributed by atoms with Crippen molar-refractivity contribution in [2.75, 3.05) is 16.8 Å². The van der Waals surface area contributed by atoms with E-state index in [1.54, 1.807) is 24.5 Å². The Balaban J connectivity index is 1.59. The molecule has 3 rings (SSSR count). The summed E-state index contributed by atoms with van der Waals surface area (Å²) in [5.41, 5.74) is 2.90. The lowest BCUT2D eigenvalue weighted by atomic mass is 10.1. The summed E-state index contributed by atoms with van der Waals surface area (Å²) < 4.78 is 5.28. The molecule has 154 valence electrons. The van der Waals surface area contributed by atoms with Crippen molar-refractivity contribution in [1.82, 2.24) is 4.98 Å². The van der Waals surface area contributed by atoms with Crippen LogP contribution in [-0.2, 0) is 9.53 Å². The van der Waals surface area contributed by atoms with E-state index in [1.807, 2.05) is 75.4 Å². The summed E-state index contributed by atoms with van der Waals surface area (Å²) in [5, 5.41) is 2.75. The van der Waals surface area contributed by atoms with E-state index in [4.69, 9.17) is 4.74 Å². The second-order valence-corrected chi connectivity index (χ2v) is 7.76. The molecule has 0 spiro atoms. The zero-order valence-corrected chi connectivity index (χ0v) is 17.3. The SMILES string of the molecule is CC(C)(C)N(C(=O)OCC(=O)Nc1ccc(-c2ccncc2)cc1)c1ccccc1. The molecule has 0 atom stereocenters. The lowest BCUT2D eigenvalue weighted by Gasteiger charge is -2.34. The van der Waals surface area contributed by atoms with Gasteiger partial charge in [0.05, 0.1) is 0 Å². The predicted octanol–water partition coefficient (Wildman–Crippen LogP) is 5.13. The van der Waals surface area contributed by atoms with Crippen LogP contribution in [0.1, 0.15) is 20.8 Å². The number of carbonyl (C=O) groups is 2. The van der Waals surface area contributed by atoms with E-state index in [-0.39, 0.29) is 6.61 Å². The summed E-state index contributed by atoms with van der Waals surface area (Å²) in [6.45, 7) is 5.35. The summed E-state index contributed by atoms with van der Waals surface area (Å²) in [6.07, 6.45) is 2.89. The molecule has 2 amide bonds. The van der Waals surface area contributed by atoms with Crippen LogP contribution >= 0.6 is 0 Å². The van der Waals surface area contributed by atoms with Gasteiger partial charge in [0.1, 0.15) is 0 Å². The van der Waals surface area contributed by atoms with E-state index < -0.39 is 17.5 Å². The highest BCUT2D eigenvalue weighted by atomic mass is 16.6. The number of carbonyl (C=O) groups excluding carboxylic acids is 2. The smallest absolute Gasteiger partial charge is 0.415 e. The normalized spacial score (nSPS) is 10.9. The number of hydrogen-bond donors (Lipinski definition) is 1. The first-order valence-electron chi connectivity index (χ1n) is 9.67. The summed E-state index contributed by atoms with van der Waals surface area (Å²) in [5.74, 6) is -0.401. The Morgan fingerprint density at radius 1 is 0.900 bits per heavy atom. The quantitative estimate of drug-likeness (QED) is 0.641. The monoisotopic (exact) mass is 403 g/mol. The summed E-state index contributed by atoms with van der Waals surface area (Å²) >= 11 is 0. The molecule has 0 fully saturated rings. The maximum Gasteiger partial charge on any atom is 0.415 e. The first kappa shape index (κ1) is 21.0. The lowest BCUT2D eigenvalue weighted by Crippen LogP contribution is -2.46. The Hall–Kier alpha value is -3.67. The molecule has 3 aromatic rings. The minimum Gasteiger partial charge on any atom is -0.439 e. The number of amides is 2. The van der Waals surface area contributed by atoms with Crippen molar-refractivity contribution in [2.24, 2.45) is 0 Å². The maximum absolute atomic E-state index is 12.7. The van der Waals surface area contributed by atoms with Gasteiger partial charge in [-0.15, -0.1) is 0 Å². The predicted molar refractivity (Wildman–Crippen MR) is 118 cm³/mol. The molecule has 1 N–H and O–H groups in total. The largest absolute Gasteiger partial charge is 0.439 e. The van der Waals surface area contributed by atoms with Crippen molar-refractivity contribution >= 4 is 23.4 Å². The van der Waals surface area contributed by atoms with E-state index in [9.17, 15) is 9.59 Å². The topological polar surface area (TPSA) is 71.5 Å². The van der Waals surface area contributed by atoms with Crippen LogP contribution in [0.2, 0.25) is 0 Å². The number of ether oxygens (including phenoxy) is 1. The van der Waals surface area contributed by atoms with Crippen LogP contribution in [0.15, 0.2) is 79.1 Å². The fourth-order valence-electron chi connectivity index (χ4n) is 3.02. The average Bonchev–Trinajstić information content (AvgIpc) is 2.73. The van der Waals surface area contributed by atoms with Crippen LogP contribution in [-0.4, -0.2) is 29.1 Å². The molecule has 0 aliphatic heterocycles. The molecule has 1 aromatic heterocycles. The summed E-state index contributed by atoms with van der Waals surface area (Å²) in [4.78, 5) is 30.5. The minimum absolute atomic E-state index is 0.371. The molecule has 6 heteroatoms. The van der Waals surface area contributed by atoms with E-state index >= 15 is 0 Å². The molecule has 0 bridgehead atoms. The van der Waals surface area contributed by atoms with E-state index in [1.165, 1.54) is 4.90 Å². The standard InChI is InChI=1S/C24H25N3O3/c1-24(2,3)27(21-7-5-4-6-8-21)23(29)30-17-22(28)26-20-11-9-18(10-12-20)19-13-15-25-16-14-19/h4-16H,17H2,1-3H3,(H,26,28). The number of nitrogens with zero attached hydrogens (tertiary/aromatic N) is 2. The van der Waals surface area contributed by atoms with Crippen LogP contribution in [0.25, 0.3) is 11.1 Å². The van der Waals surface area contributed by atoms with Crippen LogP contribution in [0.3, 0.4) is 0 Å². The van der Waals surface area contributed by atoms with Crippen LogP contribution in [0, 0.1) is 0 Å². The molecule has 0 aliphatic carbocycles. The van der Waals surface area contributed by atoms with E-state index in [0.717, 1.165) is 11.1 Å². The third-order valence-corrected chi connectivity index (χ3v) is 4.38. The van der Waals surface area contributed by atoms with Crippen LogP contribution < -0.4 is 10.2 Å². The van der Waals surface area contributed by atoms with Crippen molar-refractivity contribution in [1.29, 1.82) is 0 Å². The molecule has 0 radical (unpaired) electrons. The molecule has 0 unspecified atom stereocenters. The Morgan fingerprint density at radius 3 is 2.10 bits per heavy atom. The van der Waals surface area contributed by atoms with Gasteiger partial charge < -0.3 is 10.1 Å². The number of aromatic nitrogens is 1. The Bertz CT molecular complexity index is 982. The highest BCUT2D eigenvalue weighted by Crippen LogP contribution is 2.24. The third-order valence-electron chi connectivity index (χ3n) is 4.38. The second kappa shape index (κ2) is 9.22. The minimum atomic E-state index is -0.572. The first-order chi connectivity index (χ1) is 14.3. The number of hydrogen-bond acceptors (Lipinski definition) is 4. The molecular formula is C24H25N3O3. The molecular weight excluding hydrogens is 378 g/mol. The van der Waals surface area contributed by atoms with Crippen molar-refractivity contribution in [3.63, 3.8) is 0 Å². The highest BCUT2D eigenvalue weighted by Gasteiger charge is 2.29. The Kier molecular flexibility index (Phi) is 6.47. The van der Waals surface area contributed by atoms with Gasteiger partial charge >= 0.3 is 6.09 Å². The number of anilines is 2. The number of benzene rings is 2. The number of nitrogens with one attached hydrogen (secondary N) is 1. The lowest BCUT2D eigenvalue weighted by molar-refractivity contribution is -0.118. The van der Waals surface area contributed by atoms with Gasteiger partial charge in [0.15, 0.2) is 6.61 Å². The fourth-order valence-corrected chi connectivity index (χ4v) is 3.02. The van der Waals surface area contributed by atoms with Crippen LogP contribution in [0.5, 0.6) is 0 Å². The molecule has 1 heterocycles. The Morgan fingerprint density at radius 2 is 1.50 bits per heavy atom. The zero-order valence-electron chi connectivity index (χ0n) is 17.3. The fraction of sp³-hybridized carbons (Fsp3) is 0.208. The second-order valence-electron chi connectivity index (χ2n) is 7.76. The van der Waals surface area contributed by atoms with Crippen molar-refractivity contribution in [3.8, 4) is 11.1 Å². The van der Waals surface area contributed by atoms with Gasteiger partial charge in [-0.1, -0.05) is 30.3 Å². The van der Waals surface area contributed by atoms with Gasteiger partial charge in [-0.2, -0.15) is 0 Å². The van der Waals surface area contributed by atoms with Gasteiger partial charge in [-0.05, 0) is 68.3 Å². The number of rotatable bonds is 5. The first-order valence-corrected chi connectivity index (χ1v) is 9.67. The van der Waals surface area contributed by atoms with E-state index in [0.29, 0.717) is 11.4 Å². The van der Waals surface area contributed by atoms with Crippen LogP contribution in [0.4, 0.5) is 16.2 Å². The van der Waals surface area contributed by atoms with Gasteiger partial charge in [0, 0.05) is 29.3 Å². The molecule has 30 heavy (non-hydrogen) atoms. The molecule has 0 saturated heterocycles. The van der Waals surface area contributed by atoms with E-state index in [2.05, 4.69) is 10.3 Å². The van der Waals surface area contributed by atoms with Gasteiger partial charge in [-0.25, -0.2) is 4.79 Å². The average molecular weight is 403 g/mol. The molecule has 0 saturated carbocycles. The van der Waals surface area contributed by atoms with Gasteiger partial charge in [-0.3, -0.25) is 14.7 Å². The highest BCUT2D eigenvalue weighted by molar-refractivity contribution is 5.95. The molecule has 0 aliphatic rings. The Labute approximate surface area is 176 Å². The third kappa shape index (κ3) is 5.44. The van der Waals surface area contributed by atoms with Crippen molar-refractivity contribution < 1.29 is 14.3 Å². The van der Waals surface area contributed by atoms with Crippen molar-refractivity contribution in [3.05, 3.63) is 79.1 Å². The summed E-state index contributed by atoms with van der Waals surface area (Å²) in [6, 6.07) is 20.5. The van der Waals surface area contributed by atoms with Gasteiger partial charge in [0.2, 0.25) is 0 Å². The number of pyridine rings is 1.